The van der Waals surface area contributed by atoms with Crippen LogP contribution in [0.1, 0.15) is 35.0 Å². The maximum Gasteiger partial charge on any atom is 0.267 e. The molecule has 0 radical (unpaired) electrons. The third kappa shape index (κ3) is 5.11. The molecule has 1 aromatic heterocycles. The highest BCUT2D eigenvalue weighted by molar-refractivity contribution is 7.89. The van der Waals surface area contributed by atoms with E-state index in [0.29, 0.717) is 37.8 Å². The monoisotopic (exact) mass is 499 g/mol. The molecule has 1 fully saturated rings. The second kappa shape index (κ2) is 10.2. The molecule has 1 aliphatic heterocycles. The highest BCUT2D eigenvalue weighted by Gasteiger charge is 2.32. The normalized spacial score (nSPS) is 14.9. The number of hydrogen-bond acceptors (Lipinski definition) is 6. The number of rotatable bonds is 7. The Bertz CT molecular complexity index is 1250. The molecule has 9 heteroatoms. The molecule has 4 rings (SSSR count). The molecule has 2 aromatic carbocycles. The van der Waals surface area contributed by atoms with Gasteiger partial charge in [-0.2, -0.15) is 4.31 Å². The molecule has 180 valence electrons. The van der Waals surface area contributed by atoms with E-state index in [1.807, 2.05) is 48.5 Å². The quantitative estimate of drug-likeness (QED) is 0.512. The van der Waals surface area contributed by atoms with Gasteiger partial charge >= 0.3 is 0 Å². The number of nitrogens with one attached hydrogen (secondary N) is 1. The first-order valence-electron chi connectivity index (χ1n) is 11.2. The van der Waals surface area contributed by atoms with Crippen LogP contribution in [0.2, 0.25) is 0 Å². The van der Waals surface area contributed by atoms with Crippen molar-refractivity contribution in [3.05, 3.63) is 70.4 Å². The number of nitrogens with zero attached hydrogens (tertiary/aromatic N) is 2. The van der Waals surface area contributed by atoms with E-state index in [2.05, 4.69) is 24.1 Å². The Morgan fingerprint density at radius 1 is 1.03 bits per heavy atom. The second-order valence-corrected chi connectivity index (χ2v) is 11.3. The van der Waals surface area contributed by atoms with Crippen LogP contribution in [0.3, 0.4) is 0 Å². The lowest BCUT2D eigenvalue weighted by Crippen LogP contribution is -2.48. The van der Waals surface area contributed by atoms with Gasteiger partial charge in [-0.15, -0.1) is 11.3 Å². The van der Waals surface area contributed by atoms with E-state index in [0.717, 1.165) is 22.8 Å². The van der Waals surface area contributed by atoms with Gasteiger partial charge in [0.05, 0.1) is 7.11 Å². The summed E-state index contributed by atoms with van der Waals surface area (Å²) in [4.78, 5) is 15.3. The van der Waals surface area contributed by atoms with Crippen LogP contribution >= 0.6 is 11.3 Å². The third-order valence-corrected chi connectivity index (χ3v) is 8.93. The zero-order chi connectivity index (χ0) is 24.3. The average Bonchev–Trinajstić information content (AvgIpc) is 3.36. The molecular weight excluding hydrogens is 470 g/mol. The van der Waals surface area contributed by atoms with Crippen LogP contribution in [-0.4, -0.2) is 51.9 Å². The minimum absolute atomic E-state index is 0.0589. The van der Waals surface area contributed by atoms with Crippen LogP contribution in [0.4, 0.5) is 11.4 Å². The molecule has 0 atom stereocenters. The molecule has 1 N–H and O–H groups in total. The number of benzene rings is 2. The van der Waals surface area contributed by atoms with Crippen LogP contribution in [-0.2, 0) is 10.0 Å². The Kier molecular flexibility index (Phi) is 7.25. The van der Waals surface area contributed by atoms with E-state index in [-0.39, 0.29) is 9.77 Å². The van der Waals surface area contributed by atoms with Gasteiger partial charge < -0.3 is 15.0 Å². The first-order valence-corrected chi connectivity index (χ1v) is 13.5. The lowest BCUT2D eigenvalue weighted by molar-refractivity contribution is 0.102. The molecule has 3 aromatic rings. The molecule has 2 heterocycles. The molecule has 0 saturated carbocycles. The number of hydrogen-bond donors (Lipinski definition) is 1. The van der Waals surface area contributed by atoms with Gasteiger partial charge in [0.1, 0.15) is 15.5 Å². The fraction of sp³-hybridized carbons (Fsp3) is 0.320. The highest BCUT2D eigenvalue weighted by atomic mass is 32.2. The predicted octanol–water partition coefficient (Wildman–Crippen LogP) is 4.64. The van der Waals surface area contributed by atoms with Gasteiger partial charge in [-0.1, -0.05) is 32.0 Å². The topological polar surface area (TPSA) is 79.0 Å². The summed E-state index contributed by atoms with van der Waals surface area (Å²) in [7, 11) is -2.17. The molecule has 7 nitrogen and oxygen atoms in total. The van der Waals surface area contributed by atoms with Crippen LogP contribution in [0.15, 0.2) is 64.9 Å². The van der Waals surface area contributed by atoms with E-state index in [4.69, 9.17) is 4.74 Å². The fourth-order valence-electron chi connectivity index (χ4n) is 3.94. The summed E-state index contributed by atoms with van der Waals surface area (Å²) < 4.78 is 33.6. The number of carbonyl (C=O) groups excluding carboxylic acids is 1. The molecular formula is C25H29N3O4S2. The van der Waals surface area contributed by atoms with Gasteiger partial charge in [-0.25, -0.2) is 8.42 Å². The van der Waals surface area contributed by atoms with Crippen LogP contribution in [0.25, 0.3) is 0 Å². The molecule has 34 heavy (non-hydrogen) atoms. The summed E-state index contributed by atoms with van der Waals surface area (Å²) in [5, 5.41) is 4.48. The Hall–Kier alpha value is -2.88. The summed E-state index contributed by atoms with van der Waals surface area (Å²) in [6.07, 6.45) is 0. The van der Waals surface area contributed by atoms with Gasteiger partial charge in [-0.3, -0.25) is 4.79 Å². The summed E-state index contributed by atoms with van der Waals surface area (Å²) in [5.74, 6) is 0.740. The van der Waals surface area contributed by atoms with Crippen molar-refractivity contribution in [2.75, 3.05) is 43.5 Å². The van der Waals surface area contributed by atoms with Crippen LogP contribution in [0.5, 0.6) is 5.75 Å². The van der Waals surface area contributed by atoms with Gasteiger partial charge in [0, 0.05) is 43.6 Å². The zero-order valence-corrected chi connectivity index (χ0v) is 21.2. The van der Waals surface area contributed by atoms with Gasteiger partial charge in [-0.05, 0) is 47.2 Å². The largest absolute Gasteiger partial charge is 0.497 e. The first kappa shape index (κ1) is 24.3. The van der Waals surface area contributed by atoms with Crippen LogP contribution in [0, 0.1) is 0 Å². The van der Waals surface area contributed by atoms with Crippen molar-refractivity contribution in [1.82, 2.24) is 4.31 Å². The van der Waals surface area contributed by atoms with E-state index >= 15 is 0 Å². The second-order valence-electron chi connectivity index (χ2n) is 8.44. The van der Waals surface area contributed by atoms with E-state index in [1.165, 1.54) is 15.9 Å². The number of thiophene rings is 1. The van der Waals surface area contributed by atoms with Crippen molar-refractivity contribution in [2.45, 2.75) is 24.7 Å². The number of carbonyl (C=O) groups is 1. The maximum atomic E-state index is 13.4. The number of ether oxygens (including phenoxy) is 1. The van der Waals surface area contributed by atoms with Crippen LogP contribution < -0.4 is 15.0 Å². The zero-order valence-electron chi connectivity index (χ0n) is 19.5. The van der Waals surface area contributed by atoms with Crippen molar-refractivity contribution >= 4 is 38.6 Å². The highest BCUT2D eigenvalue weighted by Crippen LogP contribution is 2.29. The smallest absolute Gasteiger partial charge is 0.267 e. The molecule has 1 aliphatic rings. The number of sulfonamides is 1. The molecule has 0 spiro atoms. The molecule has 0 aliphatic carbocycles. The van der Waals surface area contributed by atoms with Crippen molar-refractivity contribution in [3.8, 4) is 5.75 Å². The van der Waals surface area contributed by atoms with Gasteiger partial charge in [0.25, 0.3) is 5.91 Å². The number of piperazine rings is 1. The van der Waals surface area contributed by atoms with Gasteiger partial charge in [0.2, 0.25) is 10.0 Å². The summed E-state index contributed by atoms with van der Waals surface area (Å²) in [5.41, 5.74) is 2.80. The van der Waals surface area contributed by atoms with E-state index in [9.17, 15) is 13.2 Å². The Morgan fingerprint density at radius 3 is 2.38 bits per heavy atom. The molecule has 0 bridgehead atoms. The average molecular weight is 500 g/mol. The van der Waals surface area contributed by atoms with E-state index < -0.39 is 15.9 Å². The Labute approximate surface area is 205 Å². The fourth-order valence-corrected chi connectivity index (χ4v) is 6.66. The SMILES string of the molecule is COc1cccc(N2CCN(S(=O)(=O)c3ccsc3C(=O)Nc3ccc(C(C)C)cc3)CC2)c1. The van der Waals surface area contributed by atoms with Gasteiger partial charge in [0.15, 0.2) is 0 Å². The third-order valence-electron chi connectivity index (χ3n) is 5.95. The number of methoxy groups -OCH3 is 1. The maximum absolute atomic E-state index is 13.4. The van der Waals surface area contributed by atoms with Crippen molar-refractivity contribution in [1.29, 1.82) is 0 Å². The van der Waals surface area contributed by atoms with Crippen molar-refractivity contribution in [3.63, 3.8) is 0 Å². The summed E-state index contributed by atoms with van der Waals surface area (Å²) >= 11 is 1.14. The first-order chi connectivity index (χ1) is 16.3. The number of anilines is 2. The number of amides is 1. The standard InChI is InChI=1S/C25H29N3O4S2/c1-18(2)19-7-9-20(10-8-19)26-25(29)24-23(11-16-33-24)34(30,31)28-14-12-27(13-15-28)21-5-4-6-22(17-21)32-3/h4-11,16-18H,12-15H2,1-3H3,(H,26,29). The molecule has 0 unspecified atom stereocenters. The predicted molar refractivity (Wildman–Crippen MR) is 137 cm³/mol. The summed E-state index contributed by atoms with van der Waals surface area (Å²) in [6.45, 7) is 6.00. The van der Waals surface area contributed by atoms with E-state index in [1.54, 1.807) is 12.5 Å². The molecule has 1 saturated heterocycles. The minimum atomic E-state index is -3.79. The van der Waals surface area contributed by atoms with Crippen molar-refractivity contribution in [2.24, 2.45) is 0 Å². The lowest BCUT2D eigenvalue weighted by Gasteiger charge is -2.35. The lowest BCUT2D eigenvalue weighted by atomic mass is 10.0. The molecule has 1 amide bonds. The van der Waals surface area contributed by atoms with Crippen molar-refractivity contribution < 1.29 is 17.9 Å². The Morgan fingerprint density at radius 2 is 1.74 bits per heavy atom. The Balaban J connectivity index is 1.45. The minimum Gasteiger partial charge on any atom is -0.497 e. The summed E-state index contributed by atoms with van der Waals surface area (Å²) in [6, 6.07) is 16.9.